The fourth-order valence-corrected chi connectivity index (χ4v) is 5.24. The molecule has 2 aromatic carbocycles. The average molecular weight is 469 g/mol. The summed E-state index contributed by atoms with van der Waals surface area (Å²) in [5, 5.41) is 4.30. The zero-order chi connectivity index (χ0) is 22.8. The second-order valence-corrected chi connectivity index (χ2v) is 9.85. The number of rotatable bonds is 7. The Balaban J connectivity index is 1.42. The van der Waals surface area contributed by atoms with Crippen molar-refractivity contribution in [3.63, 3.8) is 0 Å². The Morgan fingerprint density at radius 2 is 1.81 bits per heavy atom. The maximum Gasteiger partial charge on any atom is 0.248 e. The molecule has 2 amide bonds. The van der Waals surface area contributed by atoms with Crippen LogP contribution in [0, 0.1) is 5.92 Å². The Morgan fingerprint density at radius 3 is 2.44 bits per heavy atom. The quantitative estimate of drug-likeness (QED) is 0.521. The molecule has 1 aliphatic heterocycles. The van der Waals surface area contributed by atoms with E-state index in [1.54, 1.807) is 24.3 Å². The molecule has 1 aromatic heterocycles. The molecule has 1 aliphatic rings. The van der Waals surface area contributed by atoms with Crippen LogP contribution in [0.4, 0.5) is 5.13 Å². The fourth-order valence-electron chi connectivity index (χ4n) is 4.07. The Bertz CT molecular complexity index is 1130. The number of nitrogens with one attached hydrogen (secondary N) is 1. The molecule has 0 fully saturated rings. The molecular formula is C24H25ClN4O2S. The molecule has 0 unspecified atom stereocenters. The lowest BCUT2D eigenvalue weighted by Crippen LogP contribution is -2.26. The third-order valence-electron chi connectivity index (χ3n) is 5.53. The molecule has 2 heterocycles. The normalized spacial score (nSPS) is 15.7. The maximum absolute atomic E-state index is 12.5. The first-order valence-electron chi connectivity index (χ1n) is 10.5. The van der Waals surface area contributed by atoms with Gasteiger partial charge >= 0.3 is 0 Å². The number of benzene rings is 2. The molecule has 0 spiro atoms. The van der Waals surface area contributed by atoms with Gasteiger partial charge in [0.2, 0.25) is 11.8 Å². The van der Waals surface area contributed by atoms with Gasteiger partial charge in [-0.15, -0.1) is 11.3 Å². The minimum absolute atomic E-state index is 0.136. The largest absolute Gasteiger partial charge is 0.366 e. The van der Waals surface area contributed by atoms with Gasteiger partial charge in [-0.3, -0.25) is 14.5 Å². The highest BCUT2D eigenvalue weighted by molar-refractivity contribution is 7.15. The maximum atomic E-state index is 12.5. The minimum Gasteiger partial charge on any atom is -0.366 e. The van der Waals surface area contributed by atoms with E-state index in [0.717, 1.165) is 29.4 Å². The highest BCUT2D eigenvalue weighted by Gasteiger charge is 2.36. The van der Waals surface area contributed by atoms with E-state index in [1.165, 1.54) is 21.8 Å². The van der Waals surface area contributed by atoms with E-state index < -0.39 is 5.91 Å². The summed E-state index contributed by atoms with van der Waals surface area (Å²) in [4.78, 5) is 32.1. The van der Waals surface area contributed by atoms with Crippen LogP contribution in [-0.4, -0.2) is 21.7 Å². The van der Waals surface area contributed by atoms with Crippen molar-refractivity contribution < 1.29 is 9.59 Å². The predicted molar refractivity (Wildman–Crippen MR) is 128 cm³/mol. The van der Waals surface area contributed by atoms with Crippen molar-refractivity contribution in [1.82, 2.24) is 9.88 Å². The van der Waals surface area contributed by atoms with Crippen LogP contribution < -0.4 is 11.1 Å². The molecule has 0 saturated carbocycles. The topological polar surface area (TPSA) is 88.3 Å². The van der Waals surface area contributed by atoms with Crippen LogP contribution in [0.5, 0.6) is 0 Å². The van der Waals surface area contributed by atoms with Gasteiger partial charge in [-0.2, -0.15) is 0 Å². The van der Waals surface area contributed by atoms with E-state index in [-0.39, 0.29) is 18.4 Å². The Kier molecular flexibility index (Phi) is 6.60. The molecule has 166 valence electrons. The first-order valence-corrected chi connectivity index (χ1v) is 11.7. The third-order valence-corrected chi connectivity index (χ3v) is 6.75. The van der Waals surface area contributed by atoms with Crippen LogP contribution in [0.3, 0.4) is 0 Å². The molecule has 6 nitrogen and oxygen atoms in total. The number of hydrogen-bond donors (Lipinski definition) is 2. The van der Waals surface area contributed by atoms with Crippen molar-refractivity contribution in [2.75, 3.05) is 5.32 Å². The Hall–Kier alpha value is -2.74. The number of thiazole rings is 1. The van der Waals surface area contributed by atoms with Crippen molar-refractivity contribution in [2.24, 2.45) is 11.7 Å². The zero-order valence-electron chi connectivity index (χ0n) is 18.0. The van der Waals surface area contributed by atoms with Gasteiger partial charge in [0, 0.05) is 28.6 Å². The third kappa shape index (κ3) is 5.01. The number of aromatic nitrogens is 1. The zero-order valence-corrected chi connectivity index (χ0v) is 19.5. The van der Waals surface area contributed by atoms with E-state index in [2.05, 4.69) is 36.2 Å². The van der Waals surface area contributed by atoms with Crippen LogP contribution in [0.1, 0.15) is 51.9 Å². The molecule has 8 heteroatoms. The summed E-state index contributed by atoms with van der Waals surface area (Å²) in [6.45, 7) is 6.03. The molecule has 3 aromatic rings. The standard InChI is InChI=1S/C24H25ClN4O2S/c1-14(2)22-21-19(13-29(22)12-16-5-9-18(25)10-6-16)32-24(28-21)27-20(30)11-15-3-7-17(8-4-15)23(26)31/h3-10,14,22H,11-13H2,1-2H3,(H2,26,31)(H,27,28,30)/t22-/m0/s1. The first-order chi connectivity index (χ1) is 15.3. The number of amides is 2. The summed E-state index contributed by atoms with van der Waals surface area (Å²) < 4.78 is 0. The van der Waals surface area contributed by atoms with Crippen molar-refractivity contribution in [1.29, 1.82) is 0 Å². The van der Waals surface area contributed by atoms with E-state index in [4.69, 9.17) is 22.3 Å². The van der Waals surface area contributed by atoms with Crippen LogP contribution in [0.2, 0.25) is 5.02 Å². The van der Waals surface area contributed by atoms with Gasteiger partial charge in [-0.05, 0) is 41.3 Å². The first kappa shape index (κ1) is 22.5. The van der Waals surface area contributed by atoms with Crippen molar-refractivity contribution in [3.8, 4) is 0 Å². The number of primary amides is 1. The summed E-state index contributed by atoms with van der Waals surface area (Å²) in [5.74, 6) is -0.232. The van der Waals surface area contributed by atoms with Crippen LogP contribution >= 0.6 is 22.9 Å². The average Bonchev–Trinajstić information content (AvgIpc) is 3.26. The molecule has 0 aliphatic carbocycles. The smallest absolute Gasteiger partial charge is 0.248 e. The lowest BCUT2D eigenvalue weighted by Gasteiger charge is -2.27. The lowest BCUT2D eigenvalue weighted by molar-refractivity contribution is -0.115. The molecule has 0 radical (unpaired) electrons. The van der Waals surface area contributed by atoms with Gasteiger partial charge in [0.15, 0.2) is 5.13 Å². The molecule has 4 rings (SSSR count). The number of fused-ring (bicyclic) bond motifs is 1. The van der Waals surface area contributed by atoms with Crippen LogP contribution in [0.15, 0.2) is 48.5 Å². The number of nitrogens with two attached hydrogens (primary N) is 1. The summed E-state index contributed by atoms with van der Waals surface area (Å²) in [7, 11) is 0. The molecule has 3 N–H and O–H groups in total. The summed E-state index contributed by atoms with van der Waals surface area (Å²) >= 11 is 7.56. The van der Waals surface area contributed by atoms with Crippen molar-refractivity contribution in [3.05, 3.63) is 80.8 Å². The second-order valence-electron chi connectivity index (χ2n) is 8.33. The van der Waals surface area contributed by atoms with Gasteiger partial charge < -0.3 is 11.1 Å². The number of nitrogens with zero attached hydrogens (tertiary/aromatic N) is 2. The number of hydrogen-bond acceptors (Lipinski definition) is 5. The SMILES string of the molecule is CC(C)[C@H]1c2nc(NC(=O)Cc3ccc(C(N)=O)cc3)sc2CN1Cc1ccc(Cl)cc1. The van der Waals surface area contributed by atoms with Crippen LogP contribution in [0.25, 0.3) is 0 Å². The fraction of sp³-hybridized carbons (Fsp3) is 0.292. The van der Waals surface area contributed by atoms with E-state index in [0.29, 0.717) is 16.6 Å². The highest BCUT2D eigenvalue weighted by Crippen LogP contribution is 2.43. The van der Waals surface area contributed by atoms with Gasteiger partial charge in [-0.25, -0.2) is 4.98 Å². The summed E-state index contributed by atoms with van der Waals surface area (Å²) in [6.07, 6.45) is 0.208. The van der Waals surface area contributed by atoms with Gasteiger partial charge in [0.05, 0.1) is 18.2 Å². The van der Waals surface area contributed by atoms with Crippen molar-refractivity contribution in [2.45, 2.75) is 39.4 Å². The summed E-state index contributed by atoms with van der Waals surface area (Å²) in [5.41, 5.74) is 8.76. The molecule has 32 heavy (non-hydrogen) atoms. The van der Waals surface area contributed by atoms with Crippen LogP contribution in [-0.2, 0) is 24.3 Å². The Morgan fingerprint density at radius 1 is 1.16 bits per heavy atom. The van der Waals surface area contributed by atoms with E-state index in [1.807, 2.05) is 12.1 Å². The summed E-state index contributed by atoms with van der Waals surface area (Å²) in [6, 6.07) is 14.9. The molecule has 1 atom stereocenters. The molecule has 0 bridgehead atoms. The number of halogens is 1. The predicted octanol–water partition coefficient (Wildman–Crippen LogP) is 4.79. The Labute approximate surface area is 196 Å². The highest BCUT2D eigenvalue weighted by atomic mass is 35.5. The number of anilines is 1. The second kappa shape index (κ2) is 9.40. The van der Waals surface area contributed by atoms with Gasteiger partial charge in [0.1, 0.15) is 0 Å². The minimum atomic E-state index is -0.483. The molecule has 0 saturated heterocycles. The van der Waals surface area contributed by atoms with E-state index in [9.17, 15) is 9.59 Å². The number of carbonyl (C=O) groups is 2. The lowest BCUT2D eigenvalue weighted by atomic mass is 10.0. The van der Waals surface area contributed by atoms with Crippen molar-refractivity contribution >= 4 is 39.9 Å². The molecular weight excluding hydrogens is 444 g/mol. The van der Waals surface area contributed by atoms with E-state index >= 15 is 0 Å². The van der Waals surface area contributed by atoms with Gasteiger partial charge in [-0.1, -0.05) is 49.7 Å². The van der Waals surface area contributed by atoms with Gasteiger partial charge in [0.25, 0.3) is 0 Å². The monoisotopic (exact) mass is 468 g/mol. The number of carbonyl (C=O) groups excluding carboxylic acids is 2.